The monoisotopic (exact) mass is 659 g/mol. The first-order valence-electron chi connectivity index (χ1n) is 15.5. The van der Waals surface area contributed by atoms with Crippen LogP contribution in [-0.4, -0.2) is 50.8 Å². The third-order valence-corrected chi connectivity index (χ3v) is 10.8. The number of pyridine rings is 2. The van der Waals surface area contributed by atoms with E-state index in [0.29, 0.717) is 47.8 Å². The molecule has 2 amide bonds. The fraction of sp³-hybridized carbons (Fsp3) is 0.364. The summed E-state index contributed by atoms with van der Waals surface area (Å²) < 4.78 is 26.7. The second kappa shape index (κ2) is 14.2. The Bertz CT molecular complexity index is 1950. The van der Waals surface area contributed by atoms with Crippen LogP contribution < -0.4 is 22.8 Å². The lowest BCUT2D eigenvalue weighted by molar-refractivity contribution is -0.122. The van der Waals surface area contributed by atoms with Crippen molar-refractivity contribution < 1.29 is 22.8 Å². The summed E-state index contributed by atoms with van der Waals surface area (Å²) in [5.41, 5.74) is 16.5. The minimum absolute atomic E-state index is 0.000520. The van der Waals surface area contributed by atoms with Crippen LogP contribution in [0.15, 0.2) is 70.9 Å². The van der Waals surface area contributed by atoms with Crippen LogP contribution >= 0.6 is 0 Å². The lowest BCUT2D eigenvalue weighted by Gasteiger charge is -2.27. The van der Waals surface area contributed by atoms with Crippen molar-refractivity contribution in [1.29, 1.82) is 0 Å². The largest absolute Gasteiger partial charge is 0.384 e. The summed E-state index contributed by atoms with van der Waals surface area (Å²) in [7, 11) is -3.41. The highest BCUT2D eigenvalue weighted by atomic mass is 32.2. The van der Waals surface area contributed by atoms with Gasteiger partial charge in [-0.3, -0.25) is 28.7 Å². The summed E-state index contributed by atoms with van der Waals surface area (Å²) in [5, 5.41) is -0.0731. The van der Waals surface area contributed by atoms with Crippen LogP contribution in [0.2, 0.25) is 0 Å². The maximum absolute atomic E-state index is 13.6. The molecule has 2 saturated carbocycles. The molecule has 246 valence electrons. The maximum atomic E-state index is 13.6. The standard InChI is InChI=1S/C27H30N4O5S.C6H7N3O/c28-26(33)18-6-7-19(29-15-18)13-25(32)24(12-17-4-2-1-3-5-17)31-16-30-23-14-21(10-11-22(23)27(31)34)37(35,36)20-8-9-20;7-5-2-1-4(3-9-5)6(8)10/h6-7,10-11,14-17,20,24H,1-5,8-9,12-13H2,(H2,28,33);1-3H,(H2,7,9)(H2,8,10). The predicted octanol–water partition coefficient (Wildman–Crippen LogP) is 2.91. The summed E-state index contributed by atoms with van der Waals surface area (Å²) in [6.45, 7) is 0. The molecule has 0 aliphatic heterocycles. The van der Waals surface area contributed by atoms with Crippen molar-refractivity contribution in [3.63, 3.8) is 0 Å². The number of Topliss-reactive ketones (excluding diaryl/α,β-unsaturated/α-hetero) is 1. The van der Waals surface area contributed by atoms with E-state index in [-0.39, 0.29) is 38.9 Å². The molecule has 3 heterocycles. The van der Waals surface area contributed by atoms with Gasteiger partial charge in [-0.2, -0.15) is 0 Å². The summed E-state index contributed by atoms with van der Waals surface area (Å²) in [6, 6.07) is 9.89. The summed E-state index contributed by atoms with van der Waals surface area (Å²) in [4.78, 5) is 61.4. The second-order valence-corrected chi connectivity index (χ2v) is 14.2. The smallest absolute Gasteiger partial charge is 0.261 e. The first-order chi connectivity index (χ1) is 22.4. The number of carbonyl (C=O) groups is 3. The first kappa shape index (κ1) is 33.4. The van der Waals surface area contributed by atoms with Crippen LogP contribution in [0.3, 0.4) is 0 Å². The lowest BCUT2D eigenvalue weighted by atomic mass is 9.83. The Balaban J connectivity index is 0.000000371. The van der Waals surface area contributed by atoms with Crippen molar-refractivity contribution in [3.8, 4) is 0 Å². The second-order valence-electron chi connectivity index (χ2n) is 12.0. The van der Waals surface area contributed by atoms with Crippen LogP contribution in [0.4, 0.5) is 5.82 Å². The number of hydrogen-bond acceptors (Lipinski definition) is 10. The molecule has 0 radical (unpaired) electrons. The molecule has 47 heavy (non-hydrogen) atoms. The Hall–Kier alpha value is -4.98. The zero-order valence-corrected chi connectivity index (χ0v) is 26.6. The van der Waals surface area contributed by atoms with Gasteiger partial charge in [0.2, 0.25) is 11.8 Å². The lowest BCUT2D eigenvalue weighted by Crippen LogP contribution is -2.33. The van der Waals surface area contributed by atoms with E-state index < -0.39 is 27.7 Å². The minimum atomic E-state index is -3.41. The average Bonchev–Trinajstić information content (AvgIpc) is 3.92. The number of primary amides is 2. The number of nitrogens with two attached hydrogens (primary N) is 3. The molecule has 0 saturated heterocycles. The molecule has 2 aliphatic carbocycles. The number of rotatable bonds is 10. The summed E-state index contributed by atoms with van der Waals surface area (Å²) >= 11 is 0. The van der Waals surface area contributed by atoms with Crippen LogP contribution in [0.25, 0.3) is 10.9 Å². The van der Waals surface area contributed by atoms with Gasteiger partial charge < -0.3 is 17.2 Å². The number of amides is 2. The van der Waals surface area contributed by atoms with Crippen molar-refractivity contribution in [2.45, 2.75) is 74.0 Å². The molecule has 14 heteroatoms. The van der Waals surface area contributed by atoms with Crippen molar-refractivity contribution in [2.24, 2.45) is 17.4 Å². The third kappa shape index (κ3) is 8.06. The van der Waals surface area contributed by atoms with Crippen molar-refractivity contribution in [1.82, 2.24) is 19.5 Å². The van der Waals surface area contributed by atoms with E-state index in [9.17, 15) is 27.6 Å². The number of fused-ring (bicyclic) bond motifs is 1. The number of nitrogen functional groups attached to an aromatic ring is 1. The van der Waals surface area contributed by atoms with Gasteiger partial charge >= 0.3 is 0 Å². The molecular formula is C33H37N7O6S. The van der Waals surface area contributed by atoms with E-state index in [4.69, 9.17) is 17.2 Å². The number of sulfone groups is 1. The Kier molecular flexibility index (Phi) is 10.1. The first-order valence-corrected chi connectivity index (χ1v) is 17.0. The van der Waals surface area contributed by atoms with Gasteiger partial charge in [0.25, 0.3) is 5.56 Å². The van der Waals surface area contributed by atoms with E-state index in [1.54, 1.807) is 6.07 Å². The highest BCUT2D eigenvalue weighted by Gasteiger charge is 2.37. The topological polar surface area (TPSA) is 224 Å². The van der Waals surface area contributed by atoms with E-state index in [0.717, 1.165) is 25.7 Å². The van der Waals surface area contributed by atoms with E-state index >= 15 is 0 Å². The molecule has 2 aliphatic rings. The highest BCUT2D eigenvalue weighted by Crippen LogP contribution is 2.34. The molecule has 1 unspecified atom stereocenters. The van der Waals surface area contributed by atoms with Gasteiger partial charge in [-0.15, -0.1) is 0 Å². The highest BCUT2D eigenvalue weighted by molar-refractivity contribution is 7.92. The number of nitrogens with zero attached hydrogens (tertiary/aromatic N) is 4. The zero-order chi connectivity index (χ0) is 33.7. The fourth-order valence-corrected chi connectivity index (χ4v) is 7.42. The zero-order valence-electron chi connectivity index (χ0n) is 25.7. The maximum Gasteiger partial charge on any atom is 0.261 e. The molecule has 4 aromatic rings. The molecule has 3 aromatic heterocycles. The van der Waals surface area contributed by atoms with E-state index in [1.165, 1.54) is 66.1 Å². The normalized spacial score (nSPS) is 15.7. The number of carbonyl (C=O) groups excluding carboxylic acids is 3. The Labute approximate surface area is 271 Å². The molecule has 0 bridgehead atoms. The average molecular weight is 660 g/mol. The van der Waals surface area contributed by atoms with Crippen LogP contribution in [0.1, 0.15) is 83.8 Å². The van der Waals surface area contributed by atoms with Gasteiger partial charge in [0.1, 0.15) is 5.82 Å². The van der Waals surface area contributed by atoms with Crippen LogP contribution in [0.5, 0.6) is 0 Å². The van der Waals surface area contributed by atoms with Gasteiger partial charge in [0.15, 0.2) is 15.6 Å². The molecule has 1 aromatic carbocycles. The molecule has 6 N–H and O–H groups in total. The summed E-state index contributed by atoms with van der Waals surface area (Å²) in [6.07, 6.45) is 11.3. The fourth-order valence-electron chi connectivity index (χ4n) is 5.75. The third-order valence-electron chi connectivity index (χ3n) is 8.57. The number of hydrogen-bond donors (Lipinski definition) is 3. The van der Waals surface area contributed by atoms with E-state index in [2.05, 4.69) is 15.0 Å². The molecule has 6 rings (SSSR count). The Morgan fingerprint density at radius 1 is 0.851 bits per heavy atom. The predicted molar refractivity (Wildman–Crippen MR) is 175 cm³/mol. The molecular weight excluding hydrogens is 622 g/mol. The van der Waals surface area contributed by atoms with Crippen molar-refractivity contribution >= 4 is 44.2 Å². The van der Waals surface area contributed by atoms with Crippen LogP contribution in [0, 0.1) is 5.92 Å². The Morgan fingerprint density at radius 3 is 2.09 bits per heavy atom. The molecule has 13 nitrogen and oxygen atoms in total. The summed E-state index contributed by atoms with van der Waals surface area (Å²) in [5.74, 6) is -0.553. The minimum Gasteiger partial charge on any atom is -0.384 e. The number of ketones is 1. The van der Waals surface area contributed by atoms with Gasteiger partial charge in [-0.25, -0.2) is 18.4 Å². The molecule has 1 atom stereocenters. The number of anilines is 1. The molecule has 0 spiro atoms. The van der Waals surface area contributed by atoms with Gasteiger partial charge in [0.05, 0.1) is 51.0 Å². The van der Waals surface area contributed by atoms with Crippen molar-refractivity contribution in [2.75, 3.05) is 5.73 Å². The van der Waals surface area contributed by atoms with Gasteiger partial charge in [-0.05, 0) is 67.6 Å². The number of aromatic nitrogens is 4. The van der Waals surface area contributed by atoms with Gasteiger partial charge in [0, 0.05) is 18.1 Å². The number of benzene rings is 1. The van der Waals surface area contributed by atoms with Crippen LogP contribution in [-0.2, 0) is 21.1 Å². The quantitative estimate of drug-likeness (QED) is 0.226. The molecule has 2 fully saturated rings. The van der Waals surface area contributed by atoms with Gasteiger partial charge in [-0.1, -0.05) is 32.1 Å². The van der Waals surface area contributed by atoms with Crippen molar-refractivity contribution in [3.05, 3.63) is 88.4 Å². The van der Waals surface area contributed by atoms with E-state index in [1.807, 2.05) is 0 Å². The SMILES string of the molecule is NC(=O)c1ccc(CC(=O)C(CC2CCCCC2)n2cnc3cc(S(=O)(=O)C4CC4)ccc3c2=O)nc1.NC(=O)c1ccc(N)nc1. The Morgan fingerprint density at radius 2 is 1.51 bits per heavy atom.